The highest BCUT2D eigenvalue weighted by Crippen LogP contribution is 2.29. The summed E-state index contributed by atoms with van der Waals surface area (Å²) in [5.74, 6) is -0.190. The number of aliphatic hydroxyl groups excluding tert-OH is 1. The zero-order valence-corrected chi connectivity index (χ0v) is 11.3. The van der Waals surface area contributed by atoms with Gasteiger partial charge in [0.15, 0.2) is 0 Å². The van der Waals surface area contributed by atoms with Crippen LogP contribution in [0.5, 0.6) is 5.75 Å². The molecule has 1 rings (SSSR count). The van der Waals surface area contributed by atoms with Gasteiger partial charge in [0, 0.05) is 10.4 Å². The van der Waals surface area contributed by atoms with Crippen LogP contribution in [0, 0.1) is 5.41 Å². The molecule has 94 valence electrons. The Bertz CT molecular complexity index is 424. The van der Waals surface area contributed by atoms with Gasteiger partial charge >= 0.3 is 0 Å². The number of rotatable bonds is 3. The Balaban J connectivity index is 2.81. The van der Waals surface area contributed by atoms with Gasteiger partial charge in [-0.05, 0) is 18.2 Å². The molecule has 5 heteroatoms. The molecule has 0 bridgehead atoms. The Labute approximate surface area is 110 Å². The lowest BCUT2D eigenvalue weighted by molar-refractivity contribution is -0.149. The van der Waals surface area contributed by atoms with Crippen molar-refractivity contribution in [2.45, 2.75) is 27.1 Å². The SMILES string of the molecule is CC(C)(C)C(=O)C(O)Oc1ccc(Cl)cc1Cl. The fourth-order valence-corrected chi connectivity index (χ4v) is 1.57. The molecule has 0 fully saturated rings. The predicted octanol–water partition coefficient (Wildman–Crippen LogP) is 3.31. The zero-order valence-electron chi connectivity index (χ0n) is 9.83. The van der Waals surface area contributed by atoms with Gasteiger partial charge in [-0.3, -0.25) is 4.79 Å². The first kappa shape index (κ1) is 14.3. The van der Waals surface area contributed by atoms with E-state index < -0.39 is 17.5 Å². The fourth-order valence-electron chi connectivity index (χ4n) is 1.11. The molecule has 0 amide bonds. The van der Waals surface area contributed by atoms with Gasteiger partial charge in [-0.2, -0.15) is 0 Å². The second kappa shape index (κ2) is 5.25. The largest absolute Gasteiger partial charge is 0.456 e. The van der Waals surface area contributed by atoms with Gasteiger partial charge in [-0.25, -0.2) is 0 Å². The van der Waals surface area contributed by atoms with Crippen LogP contribution in [0.1, 0.15) is 20.8 Å². The van der Waals surface area contributed by atoms with Crippen molar-refractivity contribution < 1.29 is 14.6 Å². The number of hydrogen-bond acceptors (Lipinski definition) is 3. The van der Waals surface area contributed by atoms with Gasteiger partial charge in [-0.1, -0.05) is 44.0 Å². The highest BCUT2D eigenvalue weighted by atomic mass is 35.5. The van der Waals surface area contributed by atoms with Crippen molar-refractivity contribution in [2.24, 2.45) is 5.41 Å². The van der Waals surface area contributed by atoms with Crippen LogP contribution in [-0.2, 0) is 4.79 Å². The summed E-state index contributed by atoms with van der Waals surface area (Å²) < 4.78 is 5.10. The summed E-state index contributed by atoms with van der Waals surface area (Å²) in [5.41, 5.74) is -0.682. The molecule has 0 radical (unpaired) electrons. The summed E-state index contributed by atoms with van der Waals surface area (Å²) in [6.07, 6.45) is -1.53. The molecule has 0 aliphatic heterocycles. The standard InChI is InChI=1S/C12H14Cl2O3/c1-12(2,3)10(15)11(16)17-9-5-4-7(13)6-8(9)14/h4-6,11,16H,1-3H3. The molecular formula is C12H14Cl2O3. The molecule has 0 aliphatic rings. The second-order valence-corrected chi connectivity index (χ2v) is 5.50. The lowest BCUT2D eigenvalue weighted by Gasteiger charge is -2.21. The molecule has 1 aromatic rings. The number of ether oxygens (including phenoxy) is 1. The van der Waals surface area contributed by atoms with E-state index >= 15 is 0 Å². The molecule has 1 N–H and O–H groups in total. The summed E-state index contributed by atoms with van der Waals surface area (Å²) in [7, 11) is 0. The topological polar surface area (TPSA) is 46.5 Å². The molecule has 17 heavy (non-hydrogen) atoms. The fraction of sp³-hybridized carbons (Fsp3) is 0.417. The minimum absolute atomic E-state index is 0.223. The minimum Gasteiger partial charge on any atom is -0.456 e. The average Bonchev–Trinajstić information content (AvgIpc) is 2.19. The normalized spacial score (nSPS) is 13.3. The predicted molar refractivity (Wildman–Crippen MR) is 67.6 cm³/mol. The van der Waals surface area contributed by atoms with Gasteiger partial charge in [0.05, 0.1) is 5.02 Å². The quantitative estimate of drug-likeness (QED) is 0.862. The first-order valence-electron chi connectivity index (χ1n) is 5.06. The molecule has 1 unspecified atom stereocenters. The van der Waals surface area contributed by atoms with Crippen LogP contribution in [0.3, 0.4) is 0 Å². The summed E-state index contributed by atoms with van der Waals surface area (Å²) in [6, 6.07) is 4.55. The molecule has 1 atom stereocenters. The van der Waals surface area contributed by atoms with Gasteiger partial charge in [0.1, 0.15) is 5.75 Å². The average molecular weight is 277 g/mol. The molecule has 0 aromatic heterocycles. The van der Waals surface area contributed by atoms with E-state index in [9.17, 15) is 9.90 Å². The minimum atomic E-state index is -1.53. The lowest BCUT2D eigenvalue weighted by atomic mass is 9.90. The van der Waals surface area contributed by atoms with E-state index in [0.717, 1.165) is 0 Å². The molecule has 0 spiro atoms. The van der Waals surface area contributed by atoms with Crippen LogP contribution in [0.25, 0.3) is 0 Å². The maximum atomic E-state index is 11.7. The van der Waals surface area contributed by atoms with E-state index in [1.165, 1.54) is 12.1 Å². The molecule has 0 aliphatic carbocycles. The van der Waals surface area contributed by atoms with E-state index in [1.807, 2.05) is 0 Å². The molecule has 0 heterocycles. The van der Waals surface area contributed by atoms with Crippen LogP contribution < -0.4 is 4.74 Å². The summed E-state index contributed by atoms with van der Waals surface area (Å²) in [4.78, 5) is 11.7. The highest BCUT2D eigenvalue weighted by Gasteiger charge is 2.30. The first-order valence-corrected chi connectivity index (χ1v) is 5.81. The third kappa shape index (κ3) is 3.87. The van der Waals surface area contributed by atoms with Crippen molar-refractivity contribution in [3.63, 3.8) is 0 Å². The van der Waals surface area contributed by atoms with E-state index in [2.05, 4.69) is 0 Å². The van der Waals surface area contributed by atoms with Crippen molar-refractivity contribution in [1.82, 2.24) is 0 Å². The number of hydrogen-bond donors (Lipinski definition) is 1. The summed E-state index contributed by atoms with van der Waals surface area (Å²) >= 11 is 11.6. The number of carbonyl (C=O) groups is 1. The Morgan fingerprint density at radius 3 is 2.41 bits per heavy atom. The summed E-state index contributed by atoms with van der Waals surface area (Å²) in [5, 5.41) is 10.3. The van der Waals surface area contributed by atoms with Crippen molar-refractivity contribution >= 4 is 29.0 Å². The Hall–Kier alpha value is -0.770. The third-order valence-corrected chi connectivity index (χ3v) is 2.63. The van der Waals surface area contributed by atoms with Crippen LogP contribution >= 0.6 is 23.2 Å². The number of aliphatic hydroxyl groups is 1. The monoisotopic (exact) mass is 276 g/mol. The maximum Gasteiger partial charge on any atom is 0.258 e. The van der Waals surface area contributed by atoms with Crippen molar-refractivity contribution in [2.75, 3.05) is 0 Å². The van der Waals surface area contributed by atoms with E-state index in [4.69, 9.17) is 27.9 Å². The van der Waals surface area contributed by atoms with Crippen LogP contribution in [-0.4, -0.2) is 17.2 Å². The number of ketones is 1. The van der Waals surface area contributed by atoms with Gasteiger partial charge in [0.2, 0.25) is 5.78 Å². The van der Waals surface area contributed by atoms with Gasteiger partial charge < -0.3 is 9.84 Å². The number of benzene rings is 1. The zero-order chi connectivity index (χ0) is 13.2. The Kier molecular flexibility index (Phi) is 4.42. The van der Waals surface area contributed by atoms with E-state index in [-0.39, 0.29) is 10.8 Å². The van der Waals surface area contributed by atoms with Crippen LogP contribution in [0.2, 0.25) is 10.0 Å². The molecule has 1 aromatic carbocycles. The van der Waals surface area contributed by atoms with Gasteiger partial charge in [0.25, 0.3) is 6.29 Å². The lowest BCUT2D eigenvalue weighted by Crippen LogP contribution is -2.36. The number of halogens is 2. The highest BCUT2D eigenvalue weighted by molar-refractivity contribution is 6.35. The van der Waals surface area contributed by atoms with Crippen molar-refractivity contribution in [3.8, 4) is 5.75 Å². The summed E-state index contributed by atoms with van der Waals surface area (Å²) in [6.45, 7) is 5.10. The second-order valence-electron chi connectivity index (χ2n) is 4.66. The van der Waals surface area contributed by atoms with Crippen LogP contribution in [0.4, 0.5) is 0 Å². The molecule has 0 saturated carbocycles. The molecule has 0 saturated heterocycles. The third-order valence-electron chi connectivity index (χ3n) is 2.10. The molecular weight excluding hydrogens is 263 g/mol. The number of Topliss-reactive ketones (excluding diaryl/α,β-unsaturated/α-hetero) is 1. The van der Waals surface area contributed by atoms with Crippen LogP contribution in [0.15, 0.2) is 18.2 Å². The first-order chi connectivity index (χ1) is 7.71. The Morgan fingerprint density at radius 1 is 1.35 bits per heavy atom. The van der Waals surface area contributed by atoms with E-state index in [1.54, 1.807) is 26.8 Å². The van der Waals surface area contributed by atoms with Gasteiger partial charge in [-0.15, -0.1) is 0 Å². The smallest absolute Gasteiger partial charge is 0.258 e. The van der Waals surface area contributed by atoms with E-state index in [0.29, 0.717) is 5.02 Å². The van der Waals surface area contributed by atoms with Crippen molar-refractivity contribution in [1.29, 1.82) is 0 Å². The number of carbonyl (C=O) groups excluding carboxylic acids is 1. The van der Waals surface area contributed by atoms with Crippen molar-refractivity contribution in [3.05, 3.63) is 28.2 Å². The molecule has 3 nitrogen and oxygen atoms in total. The Morgan fingerprint density at radius 2 is 1.94 bits per heavy atom. The maximum absolute atomic E-state index is 11.7.